The molecule has 8 heteroatoms. The van der Waals surface area contributed by atoms with Gasteiger partial charge in [0.2, 0.25) is 5.88 Å². The molecule has 4 aromatic rings. The zero-order chi connectivity index (χ0) is 17.9. The largest absolute Gasteiger partial charge is 0.437 e. The molecular formula is C18H14N6O2. The second kappa shape index (κ2) is 6.60. The third kappa shape index (κ3) is 3.34. The number of hydrogen-bond acceptors (Lipinski definition) is 6. The van der Waals surface area contributed by atoms with Crippen molar-refractivity contribution >= 4 is 17.2 Å². The molecule has 26 heavy (non-hydrogen) atoms. The molecule has 0 spiro atoms. The van der Waals surface area contributed by atoms with Crippen LogP contribution in [0.3, 0.4) is 0 Å². The molecule has 0 atom stereocenters. The van der Waals surface area contributed by atoms with Gasteiger partial charge in [-0.2, -0.15) is 0 Å². The molecule has 0 aliphatic carbocycles. The molecule has 0 unspecified atom stereocenters. The summed E-state index contributed by atoms with van der Waals surface area (Å²) in [6, 6.07) is 17.8. The van der Waals surface area contributed by atoms with Crippen LogP contribution in [-0.4, -0.2) is 31.2 Å². The maximum absolute atomic E-state index is 12.4. The van der Waals surface area contributed by atoms with Gasteiger partial charge in [0.05, 0.1) is 0 Å². The summed E-state index contributed by atoms with van der Waals surface area (Å²) >= 11 is 0. The average Bonchev–Trinajstić information content (AvgIpc) is 3.12. The third-order valence-electron chi connectivity index (χ3n) is 3.67. The minimum absolute atomic E-state index is 0.219. The summed E-state index contributed by atoms with van der Waals surface area (Å²) < 4.78 is 6.97. The number of anilines is 1. The van der Waals surface area contributed by atoms with Crippen LogP contribution in [0.1, 0.15) is 15.9 Å². The number of nitrogens with one attached hydrogen (secondary N) is 1. The molecule has 0 aliphatic rings. The lowest BCUT2D eigenvalue weighted by Gasteiger charge is -2.08. The smallest absolute Gasteiger partial charge is 0.255 e. The molecule has 0 saturated heterocycles. The highest BCUT2D eigenvalue weighted by molar-refractivity contribution is 6.04. The lowest BCUT2D eigenvalue weighted by atomic mass is 10.2. The quantitative estimate of drug-likeness (QED) is 0.610. The van der Waals surface area contributed by atoms with Crippen molar-refractivity contribution in [3.63, 3.8) is 0 Å². The topological polar surface area (TPSA) is 94.3 Å². The fraction of sp³-hybridized carbons (Fsp3) is 0.0556. The van der Waals surface area contributed by atoms with Crippen LogP contribution in [0.25, 0.3) is 5.65 Å². The number of carbonyl (C=O) groups is 1. The molecule has 0 radical (unpaired) electrons. The minimum Gasteiger partial charge on any atom is -0.437 e. The fourth-order valence-electron chi connectivity index (χ4n) is 2.35. The number of nitrogens with zero attached hydrogens (tertiary/aromatic N) is 5. The Labute approximate surface area is 148 Å². The number of rotatable bonds is 4. The van der Waals surface area contributed by atoms with Gasteiger partial charge in [0.1, 0.15) is 5.75 Å². The molecular weight excluding hydrogens is 332 g/mol. The van der Waals surface area contributed by atoms with Gasteiger partial charge in [-0.1, -0.05) is 23.8 Å². The van der Waals surface area contributed by atoms with E-state index in [0.29, 0.717) is 22.8 Å². The average molecular weight is 346 g/mol. The lowest BCUT2D eigenvalue weighted by molar-refractivity contribution is 0.102. The van der Waals surface area contributed by atoms with Crippen molar-refractivity contribution in [1.29, 1.82) is 0 Å². The summed E-state index contributed by atoms with van der Waals surface area (Å²) in [5.74, 6) is 0.588. The van der Waals surface area contributed by atoms with E-state index in [1.54, 1.807) is 36.4 Å². The molecule has 1 amide bonds. The van der Waals surface area contributed by atoms with Gasteiger partial charge in [-0.25, -0.2) is 0 Å². The highest BCUT2D eigenvalue weighted by atomic mass is 16.5. The Kier molecular flexibility index (Phi) is 3.98. The highest BCUT2D eigenvalue weighted by Gasteiger charge is 2.09. The van der Waals surface area contributed by atoms with E-state index in [4.69, 9.17) is 4.74 Å². The summed E-state index contributed by atoms with van der Waals surface area (Å²) in [5, 5.41) is 18.0. The number of carbonyl (C=O) groups excluding carboxylic acids is 1. The first-order chi connectivity index (χ1) is 12.7. The van der Waals surface area contributed by atoms with Crippen molar-refractivity contribution in [2.45, 2.75) is 6.92 Å². The minimum atomic E-state index is -0.219. The monoisotopic (exact) mass is 346 g/mol. The van der Waals surface area contributed by atoms with Crippen LogP contribution in [0.15, 0.2) is 60.7 Å². The Hall–Kier alpha value is -3.81. The number of fused-ring (bicyclic) bond motifs is 1. The van der Waals surface area contributed by atoms with Crippen molar-refractivity contribution in [3.05, 3.63) is 71.8 Å². The van der Waals surface area contributed by atoms with Crippen LogP contribution in [0, 0.1) is 6.92 Å². The van der Waals surface area contributed by atoms with E-state index >= 15 is 0 Å². The maximum Gasteiger partial charge on any atom is 0.255 e. The fourth-order valence-corrected chi connectivity index (χ4v) is 2.35. The first kappa shape index (κ1) is 15.7. The number of benzene rings is 2. The summed E-state index contributed by atoms with van der Waals surface area (Å²) in [7, 11) is 0. The van der Waals surface area contributed by atoms with Gasteiger partial charge >= 0.3 is 0 Å². The van der Waals surface area contributed by atoms with Crippen molar-refractivity contribution in [2.24, 2.45) is 0 Å². The van der Waals surface area contributed by atoms with Crippen LogP contribution in [0.5, 0.6) is 11.6 Å². The van der Waals surface area contributed by atoms with E-state index < -0.39 is 0 Å². The Morgan fingerprint density at radius 3 is 2.77 bits per heavy atom. The Balaban J connectivity index is 1.51. The second-order valence-corrected chi connectivity index (χ2v) is 5.65. The number of hydrogen-bond donors (Lipinski definition) is 1. The summed E-state index contributed by atoms with van der Waals surface area (Å²) in [5.41, 5.74) is 2.86. The van der Waals surface area contributed by atoms with Gasteiger partial charge in [-0.15, -0.1) is 14.8 Å². The van der Waals surface area contributed by atoms with Gasteiger partial charge in [-0.3, -0.25) is 4.79 Å². The van der Waals surface area contributed by atoms with E-state index in [1.807, 2.05) is 31.2 Å². The zero-order valence-electron chi connectivity index (χ0n) is 13.8. The van der Waals surface area contributed by atoms with Gasteiger partial charge in [0, 0.05) is 17.3 Å². The van der Waals surface area contributed by atoms with Crippen molar-refractivity contribution < 1.29 is 9.53 Å². The number of tetrazole rings is 1. The normalized spacial score (nSPS) is 10.7. The van der Waals surface area contributed by atoms with Crippen molar-refractivity contribution in [1.82, 2.24) is 25.3 Å². The molecule has 4 rings (SSSR count). The predicted molar refractivity (Wildman–Crippen MR) is 94.2 cm³/mol. The lowest BCUT2D eigenvalue weighted by Crippen LogP contribution is -2.11. The van der Waals surface area contributed by atoms with E-state index in [9.17, 15) is 4.79 Å². The van der Waals surface area contributed by atoms with E-state index in [0.717, 1.165) is 11.3 Å². The number of ether oxygens (including phenoxy) is 1. The summed E-state index contributed by atoms with van der Waals surface area (Å²) in [6.45, 7) is 1.99. The molecule has 1 N–H and O–H groups in total. The first-order valence-electron chi connectivity index (χ1n) is 7.89. The molecule has 0 aliphatic heterocycles. The van der Waals surface area contributed by atoms with Crippen LogP contribution >= 0.6 is 0 Å². The highest BCUT2D eigenvalue weighted by Crippen LogP contribution is 2.21. The number of aromatic nitrogens is 5. The molecule has 2 heterocycles. The Bertz CT molecular complexity index is 1070. The van der Waals surface area contributed by atoms with Crippen LogP contribution in [-0.2, 0) is 0 Å². The van der Waals surface area contributed by atoms with E-state index in [1.165, 1.54) is 4.63 Å². The Morgan fingerprint density at radius 1 is 1.08 bits per heavy atom. The zero-order valence-corrected chi connectivity index (χ0v) is 13.8. The molecule has 8 nitrogen and oxygen atoms in total. The van der Waals surface area contributed by atoms with E-state index in [2.05, 4.69) is 25.9 Å². The second-order valence-electron chi connectivity index (χ2n) is 5.65. The number of amides is 1. The molecule has 0 saturated carbocycles. The van der Waals surface area contributed by atoms with Gasteiger partial charge in [0.15, 0.2) is 5.65 Å². The van der Waals surface area contributed by atoms with Crippen LogP contribution in [0.4, 0.5) is 5.69 Å². The number of aryl methyl sites for hydroxylation is 1. The summed E-state index contributed by atoms with van der Waals surface area (Å²) in [4.78, 5) is 12.4. The van der Waals surface area contributed by atoms with Gasteiger partial charge in [0.25, 0.3) is 5.91 Å². The van der Waals surface area contributed by atoms with E-state index in [-0.39, 0.29) is 5.91 Å². The van der Waals surface area contributed by atoms with Crippen molar-refractivity contribution in [2.75, 3.05) is 5.32 Å². The van der Waals surface area contributed by atoms with Crippen LogP contribution in [0.2, 0.25) is 0 Å². The predicted octanol–water partition coefficient (Wildman–Crippen LogP) is 2.87. The standard InChI is InChI=1S/C18H14N6O2/c1-12-5-7-14(8-6-12)19-18(25)13-3-2-4-15(11-13)26-17-10-9-16-20-22-23-24(16)21-17/h2-11H,1H3,(H,19,25). The molecule has 128 valence electrons. The Morgan fingerprint density at radius 2 is 1.92 bits per heavy atom. The van der Waals surface area contributed by atoms with Gasteiger partial charge < -0.3 is 10.1 Å². The molecule has 2 aromatic carbocycles. The van der Waals surface area contributed by atoms with Crippen molar-refractivity contribution in [3.8, 4) is 11.6 Å². The van der Waals surface area contributed by atoms with Gasteiger partial charge in [-0.05, 0) is 53.7 Å². The SMILES string of the molecule is Cc1ccc(NC(=O)c2cccc(Oc3ccc4nnnn4n3)c2)cc1. The molecule has 0 fully saturated rings. The maximum atomic E-state index is 12.4. The first-order valence-corrected chi connectivity index (χ1v) is 7.89. The molecule has 2 aromatic heterocycles. The molecule has 0 bridgehead atoms. The third-order valence-corrected chi connectivity index (χ3v) is 3.67. The van der Waals surface area contributed by atoms with Crippen LogP contribution < -0.4 is 10.1 Å². The summed E-state index contributed by atoms with van der Waals surface area (Å²) in [6.07, 6.45) is 0.